The van der Waals surface area contributed by atoms with E-state index in [1.54, 1.807) is 13.2 Å². The summed E-state index contributed by atoms with van der Waals surface area (Å²) in [5.41, 5.74) is 2.99. The summed E-state index contributed by atoms with van der Waals surface area (Å²) < 4.78 is 3.79. The molecule has 0 unspecified atom stereocenters. The Morgan fingerprint density at radius 3 is 2.78 bits per heavy atom. The smallest absolute Gasteiger partial charge is 0.191 e. The Labute approximate surface area is 156 Å². The fraction of sp³-hybridized carbons (Fsp3) is 0.158. The summed E-state index contributed by atoms with van der Waals surface area (Å²) in [4.78, 5) is 4.27. The van der Waals surface area contributed by atoms with Crippen LogP contribution in [0.4, 0.5) is 0 Å². The summed E-state index contributed by atoms with van der Waals surface area (Å²) in [6.45, 7) is 1.17. The second kappa shape index (κ2) is 7.69. The summed E-state index contributed by atoms with van der Waals surface area (Å²) in [6, 6.07) is 15.9. The summed E-state index contributed by atoms with van der Waals surface area (Å²) in [5, 5.41) is 19.2. The number of pyridine rings is 1. The topological polar surface area (TPSA) is 84.4 Å². The van der Waals surface area contributed by atoms with Crippen LogP contribution in [0.15, 0.2) is 72.1 Å². The van der Waals surface area contributed by atoms with Crippen molar-refractivity contribution in [2.45, 2.75) is 13.1 Å². The molecule has 0 amide bonds. The van der Waals surface area contributed by atoms with Gasteiger partial charge in [0.25, 0.3) is 0 Å². The van der Waals surface area contributed by atoms with Gasteiger partial charge < -0.3 is 10.6 Å². The molecule has 136 valence electrons. The average Bonchev–Trinajstić information content (AvgIpc) is 3.39. The normalized spacial score (nSPS) is 11.7. The highest BCUT2D eigenvalue weighted by Gasteiger charge is 2.06. The maximum absolute atomic E-state index is 4.27. The first-order chi connectivity index (χ1) is 13.3. The summed E-state index contributed by atoms with van der Waals surface area (Å²) in [6.07, 6.45) is 5.64. The number of fused-ring (bicyclic) bond motifs is 1. The first-order valence-electron chi connectivity index (χ1n) is 8.65. The highest BCUT2D eigenvalue weighted by atomic mass is 15.3. The standard InChI is InChI=1S/C19H20N8/c1-20-19(22-14-18-25-24-17-8-2-3-10-26(17)18)21-13-15-6-4-7-16(12-15)27-11-5-9-23-27/h2-12H,13-14H2,1H3,(H2,20,21,22). The molecular weight excluding hydrogens is 340 g/mol. The van der Waals surface area contributed by atoms with Gasteiger partial charge in [-0.25, -0.2) is 4.68 Å². The van der Waals surface area contributed by atoms with Gasteiger partial charge in [0.1, 0.15) is 0 Å². The third-order valence-corrected chi connectivity index (χ3v) is 4.16. The Kier molecular flexibility index (Phi) is 4.78. The molecule has 8 nitrogen and oxygen atoms in total. The molecule has 0 fully saturated rings. The molecular formula is C19H20N8. The van der Waals surface area contributed by atoms with Crippen LogP contribution in [0.25, 0.3) is 11.3 Å². The van der Waals surface area contributed by atoms with Crippen LogP contribution in [0.2, 0.25) is 0 Å². The molecule has 8 heteroatoms. The van der Waals surface area contributed by atoms with E-state index in [0.717, 1.165) is 22.7 Å². The zero-order chi connectivity index (χ0) is 18.5. The number of hydrogen-bond acceptors (Lipinski definition) is 4. The van der Waals surface area contributed by atoms with E-state index < -0.39 is 0 Å². The lowest BCUT2D eigenvalue weighted by Crippen LogP contribution is -2.36. The quantitative estimate of drug-likeness (QED) is 0.419. The highest BCUT2D eigenvalue weighted by Crippen LogP contribution is 2.09. The van der Waals surface area contributed by atoms with Gasteiger partial charge >= 0.3 is 0 Å². The van der Waals surface area contributed by atoms with Gasteiger partial charge in [-0.15, -0.1) is 10.2 Å². The second-order valence-electron chi connectivity index (χ2n) is 5.94. The van der Waals surface area contributed by atoms with Crippen molar-refractivity contribution < 1.29 is 0 Å². The summed E-state index contributed by atoms with van der Waals surface area (Å²) in [5.74, 6) is 1.53. The fourth-order valence-electron chi connectivity index (χ4n) is 2.81. The molecule has 1 aromatic carbocycles. The van der Waals surface area contributed by atoms with E-state index in [1.807, 2.05) is 57.9 Å². The minimum absolute atomic E-state index is 0.526. The van der Waals surface area contributed by atoms with Gasteiger partial charge in [0.15, 0.2) is 17.4 Å². The van der Waals surface area contributed by atoms with Crippen molar-refractivity contribution in [3.8, 4) is 5.69 Å². The van der Waals surface area contributed by atoms with Crippen molar-refractivity contribution in [2.75, 3.05) is 7.05 Å². The Morgan fingerprint density at radius 1 is 1.00 bits per heavy atom. The van der Waals surface area contributed by atoms with Crippen LogP contribution >= 0.6 is 0 Å². The number of guanidine groups is 1. The third kappa shape index (κ3) is 3.79. The van der Waals surface area contributed by atoms with Crippen LogP contribution in [-0.4, -0.2) is 37.4 Å². The van der Waals surface area contributed by atoms with Crippen LogP contribution in [-0.2, 0) is 13.1 Å². The molecule has 0 atom stereocenters. The van der Waals surface area contributed by atoms with Crippen LogP contribution in [0.5, 0.6) is 0 Å². The molecule has 0 saturated carbocycles. The van der Waals surface area contributed by atoms with Gasteiger partial charge in [0.2, 0.25) is 0 Å². The van der Waals surface area contributed by atoms with Gasteiger partial charge in [-0.2, -0.15) is 5.10 Å². The first-order valence-corrected chi connectivity index (χ1v) is 8.65. The zero-order valence-corrected chi connectivity index (χ0v) is 14.9. The summed E-state index contributed by atoms with van der Waals surface area (Å²) in [7, 11) is 1.75. The number of aromatic nitrogens is 5. The average molecular weight is 360 g/mol. The van der Waals surface area contributed by atoms with Crippen molar-refractivity contribution in [3.63, 3.8) is 0 Å². The molecule has 0 spiro atoms. The molecule has 27 heavy (non-hydrogen) atoms. The van der Waals surface area contributed by atoms with E-state index in [1.165, 1.54) is 0 Å². The van der Waals surface area contributed by atoms with E-state index in [2.05, 4.69) is 43.1 Å². The van der Waals surface area contributed by atoms with Crippen molar-refractivity contribution in [1.82, 2.24) is 35.0 Å². The van der Waals surface area contributed by atoms with Gasteiger partial charge in [0, 0.05) is 32.2 Å². The van der Waals surface area contributed by atoms with E-state index >= 15 is 0 Å². The van der Waals surface area contributed by atoms with Crippen molar-refractivity contribution in [1.29, 1.82) is 0 Å². The molecule has 3 heterocycles. The van der Waals surface area contributed by atoms with Crippen molar-refractivity contribution >= 4 is 11.6 Å². The van der Waals surface area contributed by atoms with Crippen LogP contribution in [0.3, 0.4) is 0 Å². The number of benzene rings is 1. The minimum Gasteiger partial charge on any atom is -0.352 e. The van der Waals surface area contributed by atoms with E-state index in [4.69, 9.17) is 0 Å². The van der Waals surface area contributed by atoms with Crippen LogP contribution < -0.4 is 10.6 Å². The SMILES string of the molecule is CN=C(NCc1cccc(-n2cccn2)c1)NCc1nnc2ccccn12. The molecule has 2 N–H and O–H groups in total. The van der Waals surface area contributed by atoms with Gasteiger partial charge in [-0.1, -0.05) is 18.2 Å². The third-order valence-electron chi connectivity index (χ3n) is 4.16. The van der Waals surface area contributed by atoms with Crippen molar-refractivity contribution in [2.24, 2.45) is 4.99 Å². The molecule has 0 aliphatic carbocycles. The zero-order valence-electron chi connectivity index (χ0n) is 14.9. The van der Waals surface area contributed by atoms with Crippen molar-refractivity contribution in [3.05, 3.63) is 78.5 Å². The number of rotatable bonds is 5. The molecule has 0 radical (unpaired) electrons. The van der Waals surface area contributed by atoms with E-state index in [9.17, 15) is 0 Å². The van der Waals surface area contributed by atoms with E-state index in [-0.39, 0.29) is 0 Å². The Morgan fingerprint density at radius 2 is 1.93 bits per heavy atom. The fourth-order valence-corrected chi connectivity index (χ4v) is 2.81. The second-order valence-corrected chi connectivity index (χ2v) is 5.94. The molecule has 4 rings (SSSR count). The maximum Gasteiger partial charge on any atom is 0.191 e. The first kappa shape index (κ1) is 16.8. The van der Waals surface area contributed by atoms with Crippen LogP contribution in [0.1, 0.15) is 11.4 Å². The molecule has 0 aliphatic rings. The van der Waals surface area contributed by atoms with Gasteiger partial charge in [-0.05, 0) is 35.9 Å². The number of nitrogens with zero attached hydrogens (tertiary/aromatic N) is 6. The molecule has 0 aliphatic heterocycles. The number of aliphatic imine (C=N–C) groups is 1. The largest absolute Gasteiger partial charge is 0.352 e. The summed E-state index contributed by atoms with van der Waals surface area (Å²) >= 11 is 0. The van der Waals surface area contributed by atoms with E-state index in [0.29, 0.717) is 19.0 Å². The molecule has 0 saturated heterocycles. The lowest BCUT2D eigenvalue weighted by molar-refractivity contribution is 0.762. The molecule has 0 bridgehead atoms. The minimum atomic E-state index is 0.526. The predicted molar refractivity (Wildman–Crippen MR) is 104 cm³/mol. The monoisotopic (exact) mass is 360 g/mol. The predicted octanol–water partition coefficient (Wildman–Crippen LogP) is 1.78. The lowest BCUT2D eigenvalue weighted by Gasteiger charge is -2.12. The number of hydrogen-bond donors (Lipinski definition) is 2. The van der Waals surface area contributed by atoms with Gasteiger partial charge in [0.05, 0.1) is 12.2 Å². The molecule has 3 aromatic heterocycles. The molecule has 4 aromatic rings. The maximum atomic E-state index is 4.27. The Bertz CT molecular complexity index is 1050. The number of nitrogens with one attached hydrogen (secondary N) is 2. The lowest BCUT2D eigenvalue weighted by atomic mass is 10.2. The highest BCUT2D eigenvalue weighted by molar-refractivity contribution is 5.79. The Hall–Kier alpha value is -3.68. The van der Waals surface area contributed by atoms with Crippen LogP contribution in [0, 0.1) is 0 Å². The Balaban J connectivity index is 1.38. The van der Waals surface area contributed by atoms with Gasteiger partial charge in [-0.3, -0.25) is 9.39 Å².